The molecule has 0 aromatic rings. The molecule has 0 aromatic carbocycles. The standard InChI is InChI=1S/C25H48O9Si/c1-9-10-11-12-13-14-20(26)15-23(28)31-16-21(27)24(33-19-30-6)22(32-18-29-5)17-34-35(7,8)25(2,3)4/h22,24H,9-19H2,1-8H3/t22-,24-/m1/s1. The number of methoxy groups -OCH3 is 2. The lowest BCUT2D eigenvalue weighted by molar-refractivity contribution is -0.180. The Kier molecular flexibility index (Phi) is 17.5. The molecule has 0 aliphatic carbocycles. The van der Waals surface area contributed by atoms with Crippen molar-refractivity contribution in [3.63, 3.8) is 0 Å². The number of ketones is 2. The lowest BCUT2D eigenvalue weighted by Gasteiger charge is -2.38. The fourth-order valence-electron chi connectivity index (χ4n) is 2.89. The molecule has 0 aromatic heterocycles. The minimum atomic E-state index is -2.13. The summed E-state index contributed by atoms with van der Waals surface area (Å²) in [6.45, 7) is 12.0. The number of rotatable bonds is 21. The third-order valence-corrected chi connectivity index (χ3v) is 10.6. The second-order valence-corrected chi connectivity index (χ2v) is 15.0. The maximum atomic E-state index is 12.9. The summed E-state index contributed by atoms with van der Waals surface area (Å²) in [5.74, 6) is -1.42. The van der Waals surface area contributed by atoms with E-state index < -0.39 is 38.9 Å². The molecule has 9 nitrogen and oxygen atoms in total. The van der Waals surface area contributed by atoms with Crippen LogP contribution >= 0.6 is 0 Å². The third-order valence-electron chi connectivity index (χ3n) is 6.11. The highest BCUT2D eigenvalue weighted by Gasteiger charge is 2.39. The van der Waals surface area contributed by atoms with E-state index in [1.54, 1.807) is 0 Å². The van der Waals surface area contributed by atoms with Crippen LogP contribution in [0.3, 0.4) is 0 Å². The van der Waals surface area contributed by atoms with Gasteiger partial charge in [-0.1, -0.05) is 53.4 Å². The first-order valence-electron chi connectivity index (χ1n) is 12.4. The lowest BCUT2D eigenvalue weighted by Crippen LogP contribution is -2.48. The Morgan fingerprint density at radius 3 is 2.06 bits per heavy atom. The molecule has 0 amide bonds. The summed E-state index contributed by atoms with van der Waals surface area (Å²) in [7, 11) is 0.776. The second kappa shape index (κ2) is 18.1. The molecule has 35 heavy (non-hydrogen) atoms. The topological polar surface area (TPSA) is 107 Å². The van der Waals surface area contributed by atoms with Crippen molar-refractivity contribution in [2.75, 3.05) is 41.0 Å². The molecular weight excluding hydrogens is 472 g/mol. The quantitative estimate of drug-likeness (QED) is 0.0714. The van der Waals surface area contributed by atoms with Gasteiger partial charge in [-0.15, -0.1) is 0 Å². The molecule has 0 unspecified atom stereocenters. The van der Waals surface area contributed by atoms with Crippen molar-refractivity contribution >= 4 is 25.9 Å². The summed E-state index contributed by atoms with van der Waals surface area (Å²) in [5.41, 5.74) is 0. The average Bonchev–Trinajstić information content (AvgIpc) is 2.78. The van der Waals surface area contributed by atoms with Crippen LogP contribution in [-0.2, 0) is 42.5 Å². The van der Waals surface area contributed by atoms with Gasteiger partial charge >= 0.3 is 5.97 Å². The van der Waals surface area contributed by atoms with Crippen molar-refractivity contribution in [1.82, 2.24) is 0 Å². The van der Waals surface area contributed by atoms with Crippen LogP contribution in [0.25, 0.3) is 0 Å². The predicted molar refractivity (Wildman–Crippen MR) is 136 cm³/mol. The van der Waals surface area contributed by atoms with Crippen LogP contribution in [0.2, 0.25) is 18.1 Å². The van der Waals surface area contributed by atoms with Crippen LogP contribution in [0.4, 0.5) is 0 Å². The van der Waals surface area contributed by atoms with Gasteiger partial charge in [-0.2, -0.15) is 0 Å². The van der Waals surface area contributed by atoms with Crippen LogP contribution in [-0.4, -0.2) is 79.1 Å². The van der Waals surface area contributed by atoms with Crippen LogP contribution in [0.1, 0.15) is 72.6 Å². The van der Waals surface area contributed by atoms with E-state index in [1.165, 1.54) is 14.2 Å². The number of esters is 1. The number of ether oxygens (including phenoxy) is 5. The van der Waals surface area contributed by atoms with Gasteiger partial charge in [0.25, 0.3) is 0 Å². The summed E-state index contributed by atoms with van der Waals surface area (Å²) in [4.78, 5) is 37.1. The Bertz CT molecular complexity index is 617. The monoisotopic (exact) mass is 520 g/mol. The van der Waals surface area contributed by atoms with Crippen molar-refractivity contribution in [2.45, 2.75) is 103 Å². The van der Waals surface area contributed by atoms with Crippen LogP contribution in [0.15, 0.2) is 0 Å². The fraction of sp³-hybridized carbons (Fsp3) is 0.880. The summed E-state index contributed by atoms with van der Waals surface area (Å²) in [5, 5.41) is -0.0379. The minimum Gasteiger partial charge on any atom is -0.457 e. The smallest absolute Gasteiger partial charge is 0.313 e. The highest BCUT2D eigenvalue weighted by atomic mass is 28.4. The van der Waals surface area contributed by atoms with Gasteiger partial charge in [0.05, 0.1) is 6.61 Å². The molecule has 0 spiro atoms. The van der Waals surface area contributed by atoms with Gasteiger partial charge in [-0.25, -0.2) is 0 Å². The molecular formula is C25H48O9Si. The van der Waals surface area contributed by atoms with Crippen molar-refractivity contribution < 1.29 is 42.5 Å². The normalized spacial score (nSPS) is 13.9. The van der Waals surface area contributed by atoms with Gasteiger partial charge in [0.2, 0.25) is 5.78 Å². The Balaban J connectivity index is 5.00. The number of carbonyl (C=O) groups excluding carboxylic acids is 3. The molecule has 0 aliphatic rings. The minimum absolute atomic E-state index is 0.0379. The predicted octanol–water partition coefficient (Wildman–Crippen LogP) is 4.42. The molecule has 0 N–H and O–H groups in total. The molecule has 0 saturated carbocycles. The van der Waals surface area contributed by atoms with Crippen molar-refractivity contribution in [1.29, 1.82) is 0 Å². The SMILES string of the molecule is CCCCCCCC(=O)CC(=O)OCC(=O)[C@@H](OCOC)[C@@H](CO[Si](C)(C)C(C)(C)C)OCOC. The van der Waals surface area contributed by atoms with Gasteiger partial charge in [0.15, 0.2) is 21.0 Å². The number of hydrogen-bond acceptors (Lipinski definition) is 9. The molecule has 0 heterocycles. The average molecular weight is 521 g/mol. The Hall–Kier alpha value is -1.17. The van der Waals surface area contributed by atoms with Crippen molar-refractivity contribution in [3.8, 4) is 0 Å². The van der Waals surface area contributed by atoms with E-state index in [4.69, 9.17) is 28.1 Å². The van der Waals surface area contributed by atoms with Crippen LogP contribution in [0.5, 0.6) is 0 Å². The van der Waals surface area contributed by atoms with E-state index in [2.05, 4.69) is 40.8 Å². The molecule has 0 rings (SSSR count). The molecule has 10 heteroatoms. The largest absolute Gasteiger partial charge is 0.457 e. The molecule has 0 fully saturated rings. The highest BCUT2D eigenvalue weighted by Crippen LogP contribution is 2.36. The van der Waals surface area contributed by atoms with Gasteiger partial charge in [0.1, 0.15) is 31.9 Å². The zero-order valence-corrected chi connectivity index (χ0v) is 24.1. The molecule has 2 atom stereocenters. The lowest BCUT2D eigenvalue weighted by atomic mass is 10.1. The van der Waals surface area contributed by atoms with Gasteiger partial charge in [-0.3, -0.25) is 14.4 Å². The number of unbranched alkanes of at least 4 members (excludes halogenated alkanes) is 4. The highest BCUT2D eigenvalue weighted by molar-refractivity contribution is 6.74. The zero-order chi connectivity index (χ0) is 26.9. The first-order chi connectivity index (χ1) is 16.4. The molecule has 206 valence electrons. The van der Waals surface area contributed by atoms with Crippen molar-refractivity contribution in [3.05, 3.63) is 0 Å². The number of Topliss-reactive ketones (excluding diaryl/α,β-unsaturated/α-hetero) is 2. The summed E-state index contributed by atoms with van der Waals surface area (Å²) in [6.07, 6.45) is 3.16. The Labute approximate surface area is 212 Å². The summed E-state index contributed by atoms with van der Waals surface area (Å²) >= 11 is 0. The summed E-state index contributed by atoms with van der Waals surface area (Å²) < 4.78 is 32.6. The summed E-state index contributed by atoms with van der Waals surface area (Å²) in [6, 6.07) is 0. The Morgan fingerprint density at radius 2 is 1.49 bits per heavy atom. The molecule has 0 bridgehead atoms. The van der Waals surface area contributed by atoms with E-state index in [0.29, 0.717) is 6.42 Å². The van der Waals surface area contributed by atoms with E-state index in [1.807, 2.05) is 0 Å². The van der Waals surface area contributed by atoms with Gasteiger partial charge < -0.3 is 28.1 Å². The van der Waals surface area contributed by atoms with E-state index >= 15 is 0 Å². The first-order valence-corrected chi connectivity index (χ1v) is 15.4. The zero-order valence-electron chi connectivity index (χ0n) is 23.1. The van der Waals surface area contributed by atoms with Gasteiger partial charge in [0, 0.05) is 20.6 Å². The molecule has 0 saturated heterocycles. The number of hydrogen-bond donors (Lipinski definition) is 0. The fourth-order valence-corrected chi connectivity index (χ4v) is 3.91. The van der Waals surface area contributed by atoms with Crippen LogP contribution < -0.4 is 0 Å². The van der Waals surface area contributed by atoms with E-state index in [9.17, 15) is 14.4 Å². The maximum Gasteiger partial charge on any atom is 0.313 e. The third kappa shape index (κ3) is 14.9. The second-order valence-electron chi connectivity index (χ2n) is 10.2. The van der Waals surface area contributed by atoms with E-state index in [0.717, 1.165) is 32.1 Å². The molecule has 0 aliphatic heterocycles. The number of carbonyl (C=O) groups is 3. The maximum absolute atomic E-state index is 12.9. The van der Waals surface area contributed by atoms with Gasteiger partial charge in [-0.05, 0) is 24.6 Å². The van der Waals surface area contributed by atoms with Crippen molar-refractivity contribution in [2.24, 2.45) is 0 Å². The van der Waals surface area contributed by atoms with E-state index in [-0.39, 0.29) is 37.4 Å². The van der Waals surface area contributed by atoms with Crippen LogP contribution in [0, 0.1) is 0 Å². The molecule has 0 radical (unpaired) electrons. The Morgan fingerprint density at radius 1 is 0.886 bits per heavy atom. The first kappa shape index (κ1) is 33.8.